The van der Waals surface area contributed by atoms with Crippen molar-refractivity contribution in [2.45, 2.75) is 53.4 Å². The Labute approximate surface area is 205 Å². The Kier molecular flexibility index (Phi) is 8.16. The van der Waals surface area contributed by atoms with E-state index in [-0.39, 0.29) is 11.0 Å². The maximum Gasteiger partial charge on any atom is 0.341 e. The SMILES string of the molecule is CCCOc1ccc(/C=C(\C#N)C(=O)Nc2sc3c(c2C(=O)OC)CCC(C(C)(C)C)C3)cc1. The molecule has 180 valence electrons. The number of ether oxygens (including phenoxy) is 2. The third kappa shape index (κ3) is 5.87. The monoisotopic (exact) mass is 480 g/mol. The lowest BCUT2D eigenvalue weighted by Crippen LogP contribution is -2.26. The van der Waals surface area contributed by atoms with E-state index in [0.29, 0.717) is 28.7 Å². The molecule has 0 radical (unpaired) electrons. The molecule has 0 saturated heterocycles. The van der Waals surface area contributed by atoms with Gasteiger partial charge in [0.25, 0.3) is 5.91 Å². The van der Waals surface area contributed by atoms with Crippen LogP contribution in [0.2, 0.25) is 0 Å². The third-order valence-corrected chi connectivity index (χ3v) is 7.31. The Bertz CT molecular complexity index is 1120. The van der Waals surface area contributed by atoms with E-state index in [1.807, 2.05) is 25.1 Å². The number of carbonyl (C=O) groups is 2. The minimum Gasteiger partial charge on any atom is -0.494 e. The van der Waals surface area contributed by atoms with Gasteiger partial charge in [0, 0.05) is 4.88 Å². The molecule has 1 aromatic carbocycles. The van der Waals surface area contributed by atoms with Crippen molar-refractivity contribution in [1.82, 2.24) is 0 Å². The Morgan fingerprint density at radius 1 is 1.26 bits per heavy atom. The van der Waals surface area contributed by atoms with Gasteiger partial charge in [0.15, 0.2) is 0 Å². The Hall–Kier alpha value is -3.11. The Morgan fingerprint density at radius 3 is 2.56 bits per heavy atom. The van der Waals surface area contributed by atoms with Gasteiger partial charge in [0.2, 0.25) is 0 Å². The van der Waals surface area contributed by atoms with Crippen molar-refractivity contribution < 1.29 is 19.1 Å². The average Bonchev–Trinajstić information content (AvgIpc) is 3.17. The molecule has 0 spiro atoms. The average molecular weight is 481 g/mol. The number of fused-ring (bicyclic) bond motifs is 1. The maximum atomic E-state index is 13.0. The van der Waals surface area contributed by atoms with Gasteiger partial charge in [-0.1, -0.05) is 39.8 Å². The molecule has 0 aliphatic heterocycles. The molecule has 34 heavy (non-hydrogen) atoms. The number of nitrogens with zero attached hydrogens (tertiary/aromatic N) is 1. The van der Waals surface area contributed by atoms with Crippen molar-refractivity contribution in [1.29, 1.82) is 5.26 Å². The van der Waals surface area contributed by atoms with E-state index < -0.39 is 11.9 Å². The van der Waals surface area contributed by atoms with Gasteiger partial charge in [-0.2, -0.15) is 5.26 Å². The molecule has 1 aliphatic carbocycles. The van der Waals surface area contributed by atoms with E-state index in [1.165, 1.54) is 24.5 Å². The molecule has 6 nitrogen and oxygen atoms in total. The number of amides is 1. The number of methoxy groups -OCH3 is 1. The van der Waals surface area contributed by atoms with Gasteiger partial charge in [-0.15, -0.1) is 11.3 Å². The first-order valence-electron chi connectivity index (χ1n) is 11.6. The van der Waals surface area contributed by atoms with Crippen molar-refractivity contribution in [2.24, 2.45) is 11.3 Å². The van der Waals surface area contributed by atoms with Crippen LogP contribution in [0.4, 0.5) is 5.00 Å². The second-order valence-corrected chi connectivity index (χ2v) is 10.7. The first kappa shape index (κ1) is 25.5. The molecule has 1 N–H and O–H groups in total. The summed E-state index contributed by atoms with van der Waals surface area (Å²) in [4.78, 5) is 26.7. The highest BCUT2D eigenvalue weighted by Crippen LogP contribution is 2.44. The van der Waals surface area contributed by atoms with E-state index in [2.05, 4.69) is 26.1 Å². The number of carbonyl (C=O) groups excluding carboxylic acids is 2. The quantitative estimate of drug-likeness (QED) is 0.297. The second-order valence-electron chi connectivity index (χ2n) is 9.55. The number of esters is 1. The summed E-state index contributed by atoms with van der Waals surface area (Å²) in [6.07, 6.45) is 5.04. The zero-order valence-corrected chi connectivity index (χ0v) is 21.3. The van der Waals surface area contributed by atoms with E-state index in [4.69, 9.17) is 9.47 Å². The van der Waals surface area contributed by atoms with E-state index in [1.54, 1.807) is 12.1 Å². The number of thiophene rings is 1. The van der Waals surface area contributed by atoms with Crippen LogP contribution in [0.25, 0.3) is 6.08 Å². The molecule has 1 aromatic heterocycles. The minimum atomic E-state index is -0.551. The summed E-state index contributed by atoms with van der Waals surface area (Å²) in [5.74, 6) is 0.214. The highest BCUT2D eigenvalue weighted by molar-refractivity contribution is 7.17. The summed E-state index contributed by atoms with van der Waals surface area (Å²) < 4.78 is 10.6. The van der Waals surface area contributed by atoms with Crippen LogP contribution in [0.15, 0.2) is 29.8 Å². The Morgan fingerprint density at radius 2 is 1.97 bits per heavy atom. The van der Waals surface area contributed by atoms with Gasteiger partial charge in [0.1, 0.15) is 22.4 Å². The van der Waals surface area contributed by atoms with Gasteiger partial charge in [-0.3, -0.25) is 4.79 Å². The highest BCUT2D eigenvalue weighted by Gasteiger charge is 2.34. The normalized spacial score (nSPS) is 15.8. The second kappa shape index (κ2) is 10.9. The summed E-state index contributed by atoms with van der Waals surface area (Å²) in [6, 6.07) is 9.19. The molecule has 0 saturated carbocycles. The summed E-state index contributed by atoms with van der Waals surface area (Å²) in [5, 5.41) is 12.9. The number of hydrogen-bond acceptors (Lipinski definition) is 6. The third-order valence-electron chi connectivity index (χ3n) is 6.14. The van der Waals surface area contributed by atoms with Crippen LogP contribution in [-0.4, -0.2) is 25.6 Å². The Balaban J connectivity index is 1.85. The van der Waals surface area contributed by atoms with Gasteiger partial charge >= 0.3 is 5.97 Å². The largest absolute Gasteiger partial charge is 0.494 e. The summed E-state index contributed by atoms with van der Waals surface area (Å²) >= 11 is 1.41. The number of nitrogens with one attached hydrogen (secondary N) is 1. The fourth-order valence-corrected chi connectivity index (χ4v) is 5.41. The number of rotatable bonds is 7. The first-order valence-corrected chi connectivity index (χ1v) is 12.4. The number of hydrogen-bond donors (Lipinski definition) is 1. The molecule has 1 amide bonds. The number of anilines is 1. The van der Waals surface area contributed by atoms with Crippen molar-refractivity contribution in [3.8, 4) is 11.8 Å². The molecule has 0 fully saturated rings. The number of nitriles is 1. The molecular weight excluding hydrogens is 448 g/mol. The minimum absolute atomic E-state index is 0.0445. The van der Waals surface area contributed by atoms with Crippen molar-refractivity contribution in [3.05, 3.63) is 51.4 Å². The molecule has 1 heterocycles. The lowest BCUT2D eigenvalue weighted by molar-refractivity contribution is -0.112. The van der Waals surface area contributed by atoms with Crippen LogP contribution in [0, 0.1) is 22.7 Å². The molecule has 7 heteroatoms. The smallest absolute Gasteiger partial charge is 0.341 e. The molecule has 1 atom stereocenters. The predicted octanol–water partition coefficient (Wildman–Crippen LogP) is 6.02. The van der Waals surface area contributed by atoms with Crippen molar-refractivity contribution in [3.63, 3.8) is 0 Å². The highest BCUT2D eigenvalue weighted by atomic mass is 32.1. The molecule has 1 unspecified atom stereocenters. The lowest BCUT2D eigenvalue weighted by Gasteiger charge is -2.33. The van der Waals surface area contributed by atoms with Gasteiger partial charge in [-0.05, 0) is 66.4 Å². The van der Waals surface area contributed by atoms with Crippen LogP contribution in [0.1, 0.15) is 66.9 Å². The maximum absolute atomic E-state index is 13.0. The van der Waals surface area contributed by atoms with E-state index in [9.17, 15) is 14.9 Å². The molecular formula is C27H32N2O4S. The molecule has 2 aromatic rings. The molecule has 0 bridgehead atoms. The zero-order valence-electron chi connectivity index (χ0n) is 20.5. The molecule has 1 aliphatic rings. The number of benzene rings is 1. The van der Waals surface area contributed by atoms with Crippen molar-refractivity contribution >= 4 is 34.3 Å². The van der Waals surface area contributed by atoms with Gasteiger partial charge in [-0.25, -0.2) is 4.79 Å². The van der Waals surface area contributed by atoms with Gasteiger partial charge in [0.05, 0.1) is 19.3 Å². The van der Waals surface area contributed by atoms with Gasteiger partial charge < -0.3 is 14.8 Å². The first-order chi connectivity index (χ1) is 16.2. The van der Waals surface area contributed by atoms with E-state index >= 15 is 0 Å². The lowest BCUT2D eigenvalue weighted by atomic mass is 9.72. The van der Waals surface area contributed by atoms with Crippen LogP contribution < -0.4 is 10.1 Å². The van der Waals surface area contributed by atoms with E-state index in [0.717, 1.165) is 41.9 Å². The van der Waals surface area contributed by atoms with Crippen molar-refractivity contribution in [2.75, 3.05) is 19.0 Å². The summed E-state index contributed by atoms with van der Waals surface area (Å²) in [6.45, 7) is 9.35. The van der Waals surface area contributed by atoms with Crippen LogP contribution >= 0.6 is 11.3 Å². The standard InChI is InChI=1S/C27H32N2O4S/c1-6-13-33-20-10-7-17(8-11-20)14-18(16-28)24(30)29-25-23(26(31)32-5)21-12-9-19(27(2,3)4)15-22(21)34-25/h7-8,10-11,14,19H,6,9,12-13,15H2,1-5H3,(H,29,30)/b18-14+. The fraction of sp³-hybridized carbons (Fsp3) is 0.444. The predicted molar refractivity (Wildman–Crippen MR) is 135 cm³/mol. The topological polar surface area (TPSA) is 88.4 Å². The summed E-state index contributed by atoms with van der Waals surface area (Å²) in [5.41, 5.74) is 2.19. The molecule has 3 rings (SSSR count). The van der Waals surface area contributed by atoms with Crippen LogP contribution in [0.5, 0.6) is 5.75 Å². The van der Waals surface area contributed by atoms with Crippen LogP contribution in [-0.2, 0) is 22.4 Å². The zero-order chi connectivity index (χ0) is 24.9. The van der Waals surface area contributed by atoms with Crippen LogP contribution in [0.3, 0.4) is 0 Å². The summed E-state index contributed by atoms with van der Waals surface area (Å²) in [7, 11) is 1.34. The fourth-order valence-electron chi connectivity index (χ4n) is 4.10.